The Hall–Kier alpha value is -3.90. The van der Waals surface area contributed by atoms with Gasteiger partial charge in [-0.2, -0.15) is 15.6 Å². The van der Waals surface area contributed by atoms with Crippen molar-refractivity contribution in [3.63, 3.8) is 0 Å². The molecule has 0 aliphatic carbocycles. The molecule has 0 atom stereocenters. The fourth-order valence-corrected chi connectivity index (χ4v) is 2.74. The summed E-state index contributed by atoms with van der Waals surface area (Å²) in [6.07, 6.45) is 3.26. The minimum Gasteiger partial charge on any atom is -0.342 e. The third-order valence-corrected chi connectivity index (χ3v) is 3.93. The molecule has 3 aromatic rings. The number of hydrogen-bond acceptors (Lipinski definition) is 4. The van der Waals surface area contributed by atoms with Crippen molar-refractivity contribution in [1.29, 1.82) is 10.5 Å². The van der Waals surface area contributed by atoms with Crippen molar-refractivity contribution >= 4 is 23.0 Å². The molecule has 1 heterocycles. The van der Waals surface area contributed by atoms with Gasteiger partial charge in [-0.1, -0.05) is 36.4 Å². The molecule has 1 N–H and O–H groups in total. The van der Waals surface area contributed by atoms with Gasteiger partial charge in [0.2, 0.25) is 0 Å². The maximum atomic E-state index is 11.3. The minimum atomic E-state index is -0.449. The van der Waals surface area contributed by atoms with Crippen molar-refractivity contribution in [3.8, 4) is 12.1 Å². The van der Waals surface area contributed by atoms with E-state index in [1.807, 2.05) is 53.2 Å². The third-order valence-electron chi connectivity index (χ3n) is 3.93. The van der Waals surface area contributed by atoms with E-state index in [2.05, 4.69) is 16.6 Å². The van der Waals surface area contributed by atoms with E-state index >= 15 is 0 Å². The number of nitriles is 2. The number of hydrogen-bond donors (Lipinski definition) is 1. The first kappa shape index (κ1) is 16.9. The second-order valence-corrected chi connectivity index (χ2v) is 5.63. The average molecular weight is 341 g/mol. The predicted octanol–water partition coefficient (Wildman–Crippen LogP) is 2.93. The summed E-state index contributed by atoms with van der Waals surface area (Å²) < 4.78 is 2.05. The zero-order chi connectivity index (χ0) is 18.4. The molecule has 1 amide bonds. The van der Waals surface area contributed by atoms with Crippen LogP contribution >= 0.6 is 0 Å². The molecule has 0 spiro atoms. The van der Waals surface area contributed by atoms with E-state index < -0.39 is 5.91 Å². The largest absolute Gasteiger partial charge is 0.342 e. The summed E-state index contributed by atoms with van der Waals surface area (Å²) in [6.45, 7) is 0.554. The quantitative estimate of drug-likeness (QED) is 0.571. The van der Waals surface area contributed by atoms with Gasteiger partial charge in [-0.25, -0.2) is 5.43 Å². The lowest BCUT2D eigenvalue weighted by atomic mass is 10.1. The SMILES string of the molecule is N#CCC(=O)N/N=C\c1cn(Cc2ccccc2C#N)c2ccccc12. The first-order valence-electron chi connectivity index (χ1n) is 7.97. The van der Waals surface area contributed by atoms with Crippen molar-refractivity contribution in [3.05, 3.63) is 71.4 Å². The van der Waals surface area contributed by atoms with Crippen LogP contribution in [-0.2, 0) is 11.3 Å². The molecule has 3 rings (SSSR count). The Morgan fingerprint density at radius 2 is 1.92 bits per heavy atom. The maximum absolute atomic E-state index is 11.3. The Balaban J connectivity index is 1.93. The number of hydrazone groups is 1. The zero-order valence-corrected chi connectivity index (χ0v) is 13.9. The predicted molar refractivity (Wildman–Crippen MR) is 98.2 cm³/mol. The highest BCUT2D eigenvalue weighted by Crippen LogP contribution is 2.22. The third kappa shape index (κ3) is 3.61. The summed E-state index contributed by atoms with van der Waals surface area (Å²) in [7, 11) is 0. The lowest BCUT2D eigenvalue weighted by Gasteiger charge is -2.07. The molecular weight excluding hydrogens is 326 g/mol. The van der Waals surface area contributed by atoms with Crippen molar-refractivity contribution in [1.82, 2.24) is 9.99 Å². The molecule has 0 saturated heterocycles. The van der Waals surface area contributed by atoms with Gasteiger partial charge in [-0.3, -0.25) is 4.79 Å². The van der Waals surface area contributed by atoms with E-state index in [-0.39, 0.29) is 6.42 Å². The molecule has 0 fully saturated rings. The number of fused-ring (bicyclic) bond motifs is 1. The summed E-state index contributed by atoms with van der Waals surface area (Å²) in [5.74, 6) is -0.449. The second-order valence-electron chi connectivity index (χ2n) is 5.63. The van der Waals surface area contributed by atoms with Gasteiger partial charge < -0.3 is 4.57 Å². The van der Waals surface area contributed by atoms with E-state index in [4.69, 9.17) is 5.26 Å². The van der Waals surface area contributed by atoms with E-state index in [1.165, 1.54) is 0 Å². The number of benzene rings is 2. The highest BCUT2D eigenvalue weighted by molar-refractivity contribution is 5.99. The van der Waals surface area contributed by atoms with Crippen molar-refractivity contribution < 1.29 is 4.79 Å². The van der Waals surface area contributed by atoms with Crippen LogP contribution < -0.4 is 5.43 Å². The van der Waals surface area contributed by atoms with E-state index in [9.17, 15) is 10.1 Å². The smallest absolute Gasteiger partial charge is 0.254 e. The highest BCUT2D eigenvalue weighted by Gasteiger charge is 2.09. The van der Waals surface area contributed by atoms with E-state index in [0.717, 1.165) is 22.0 Å². The minimum absolute atomic E-state index is 0.232. The average Bonchev–Trinajstić information content (AvgIpc) is 3.00. The maximum Gasteiger partial charge on any atom is 0.254 e. The molecule has 26 heavy (non-hydrogen) atoms. The van der Waals surface area contributed by atoms with Crippen LogP contribution in [0.4, 0.5) is 0 Å². The van der Waals surface area contributed by atoms with Crippen LogP contribution in [0.25, 0.3) is 10.9 Å². The van der Waals surface area contributed by atoms with Crippen molar-refractivity contribution in [2.45, 2.75) is 13.0 Å². The van der Waals surface area contributed by atoms with Crippen molar-refractivity contribution in [2.24, 2.45) is 5.10 Å². The molecule has 0 aliphatic heterocycles. The van der Waals surface area contributed by atoms with Gasteiger partial charge in [0, 0.05) is 29.2 Å². The number of carbonyl (C=O) groups excluding carboxylic acids is 1. The molecule has 1 aromatic heterocycles. The Labute approximate surface area is 150 Å². The van der Waals surface area contributed by atoms with Crippen LogP contribution in [0.3, 0.4) is 0 Å². The Kier molecular flexibility index (Phi) is 5.07. The first-order chi connectivity index (χ1) is 12.7. The lowest BCUT2D eigenvalue weighted by Crippen LogP contribution is -2.16. The van der Waals surface area contributed by atoms with E-state index in [0.29, 0.717) is 12.1 Å². The lowest BCUT2D eigenvalue weighted by molar-refractivity contribution is -0.120. The number of amides is 1. The van der Waals surface area contributed by atoms with Gasteiger partial charge in [-0.15, -0.1) is 0 Å². The standard InChI is InChI=1S/C20H15N5O/c21-10-9-20(26)24-23-12-17-14-25(19-8-4-3-7-18(17)19)13-16-6-2-1-5-15(16)11-22/h1-8,12,14H,9,13H2,(H,24,26)/b23-12-. The number of aromatic nitrogens is 1. The van der Waals surface area contributed by atoms with E-state index in [1.54, 1.807) is 18.4 Å². The first-order valence-corrected chi connectivity index (χ1v) is 7.97. The normalized spacial score (nSPS) is 10.5. The monoisotopic (exact) mass is 341 g/mol. The van der Waals surface area contributed by atoms with Gasteiger partial charge in [0.15, 0.2) is 0 Å². The number of nitrogens with one attached hydrogen (secondary N) is 1. The molecule has 2 aromatic carbocycles. The molecule has 0 unspecified atom stereocenters. The Bertz CT molecular complexity index is 1070. The molecule has 0 radical (unpaired) electrons. The molecule has 0 saturated carbocycles. The zero-order valence-electron chi connectivity index (χ0n) is 13.9. The summed E-state index contributed by atoms with van der Waals surface area (Å²) in [4.78, 5) is 11.3. The molecule has 0 aliphatic rings. The van der Waals surface area contributed by atoms with Crippen molar-refractivity contribution in [2.75, 3.05) is 0 Å². The van der Waals surface area contributed by atoms with Crippen LogP contribution in [0, 0.1) is 22.7 Å². The van der Waals surface area contributed by atoms with Gasteiger partial charge in [0.1, 0.15) is 6.42 Å². The summed E-state index contributed by atoms with van der Waals surface area (Å²) in [5.41, 5.74) is 5.75. The Morgan fingerprint density at radius 1 is 1.15 bits per heavy atom. The van der Waals surface area contributed by atoms with Gasteiger partial charge >= 0.3 is 0 Å². The number of carbonyl (C=O) groups is 1. The van der Waals surface area contributed by atoms with Crippen LogP contribution in [-0.4, -0.2) is 16.7 Å². The highest BCUT2D eigenvalue weighted by atomic mass is 16.2. The van der Waals surface area contributed by atoms with Gasteiger partial charge in [0.25, 0.3) is 5.91 Å². The summed E-state index contributed by atoms with van der Waals surface area (Å²) in [6, 6.07) is 19.3. The van der Waals surface area contributed by atoms with Crippen LogP contribution in [0.5, 0.6) is 0 Å². The summed E-state index contributed by atoms with van der Waals surface area (Å²) >= 11 is 0. The fourth-order valence-electron chi connectivity index (χ4n) is 2.74. The van der Waals surface area contributed by atoms with Crippen LogP contribution in [0.15, 0.2) is 59.8 Å². The molecular formula is C20H15N5O. The topological polar surface area (TPSA) is 94.0 Å². The number of nitrogens with zero attached hydrogens (tertiary/aromatic N) is 4. The molecule has 6 nitrogen and oxygen atoms in total. The molecule has 0 bridgehead atoms. The summed E-state index contributed by atoms with van der Waals surface area (Å²) in [5, 5.41) is 22.7. The fraction of sp³-hybridized carbons (Fsp3) is 0.100. The second kappa shape index (κ2) is 7.78. The van der Waals surface area contributed by atoms with Crippen LogP contribution in [0.1, 0.15) is 23.1 Å². The number of para-hydroxylation sites is 1. The van der Waals surface area contributed by atoms with Gasteiger partial charge in [0.05, 0.1) is 23.9 Å². The van der Waals surface area contributed by atoms with Crippen LogP contribution in [0.2, 0.25) is 0 Å². The Morgan fingerprint density at radius 3 is 2.73 bits per heavy atom. The van der Waals surface area contributed by atoms with Gasteiger partial charge in [-0.05, 0) is 17.7 Å². The molecule has 6 heteroatoms. The molecule has 126 valence electrons. The number of rotatable bonds is 5.